The zero-order chi connectivity index (χ0) is 21.8. The monoisotopic (exact) mass is 418 g/mol. The average molecular weight is 418 g/mol. The zero-order valence-electron chi connectivity index (χ0n) is 15.7. The van der Waals surface area contributed by atoms with E-state index in [9.17, 15) is 28.5 Å². The first-order chi connectivity index (χ1) is 14.2. The van der Waals surface area contributed by atoms with E-state index in [0.717, 1.165) is 10.9 Å². The van der Waals surface area contributed by atoms with Gasteiger partial charge in [0, 0.05) is 25.7 Å². The van der Waals surface area contributed by atoms with Gasteiger partial charge in [0.2, 0.25) is 5.91 Å². The van der Waals surface area contributed by atoms with Crippen LogP contribution in [0.15, 0.2) is 53.6 Å². The van der Waals surface area contributed by atoms with Gasteiger partial charge in [0.05, 0.1) is 22.2 Å². The van der Waals surface area contributed by atoms with Gasteiger partial charge >= 0.3 is 6.61 Å². The van der Waals surface area contributed by atoms with E-state index in [-0.39, 0.29) is 41.3 Å². The lowest BCUT2D eigenvalue weighted by Gasteiger charge is -2.18. The minimum Gasteiger partial charge on any atom is -0.435 e. The zero-order valence-corrected chi connectivity index (χ0v) is 15.7. The second kappa shape index (κ2) is 8.64. The molecule has 1 aromatic heterocycles. The van der Waals surface area contributed by atoms with E-state index in [1.165, 1.54) is 42.3 Å². The Labute approximate surface area is 168 Å². The first-order valence-electron chi connectivity index (χ1n) is 8.66. The molecule has 0 bridgehead atoms. The van der Waals surface area contributed by atoms with E-state index in [4.69, 9.17) is 0 Å². The van der Waals surface area contributed by atoms with Crippen molar-refractivity contribution in [1.82, 2.24) is 14.5 Å². The number of aromatic nitrogens is 2. The summed E-state index contributed by atoms with van der Waals surface area (Å²) in [6.45, 7) is -3.00. The summed E-state index contributed by atoms with van der Waals surface area (Å²) in [6, 6.07) is 9.54. The number of non-ortho nitro benzene ring substituents is 1. The molecule has 0 saturated carbocycles. The van der Waals surface area contributed by atoms with Gasteiger partial charge in [-0.1, -0.05) is 12.1 Å². The van der Waals surface area contributed by atoms with Gasteiger partial charge in [0.25, 0.3) is 11.2 Å². The fourth-order valence-electron chi connectivity index (χ4n) is 2.78. The number of nitro benzene ring substituents is 1. The van der Waals surface area contributed by atoms with Crippen molar-refractivity contribution in [2.45, 2.75) is 19.7 Å². The molecular weight excluding hydrogens is 402 g/mol. The minimum absolute atomic E-state index is 0.0109. The molecule has 0 atom stereocenters. The molecule has 2 aromatic carbocycles. The summed E-state index contributed by atoms with van der Waals surface area (Å²) >= 11 is 0. The molecule has 3 rings (SSSR count). The Hall–Kier alpha value is -3.89. The molecule has 0 aliphatic heterocycles. The van der Waals surface area contributed by atoms with E-state index in [0.29, 0.717) is 5.56 Å². The normalized spacial score (nSPS) is 10.9. The molecular formula is C19H16F2N4O5. The molecule has 3 aromatic rings. The number of hydrogen-bond donors (Lipinski definition) is 0. The molecule has 11 heteroatoms. The van der Waals surface area contributed by atoms with Crippen molar-refractivity contribution in [3.05, 3.63) is 74.8 Å². The summed E-state index contributed by atoms with van der Waals surface area (Å²) in [5, 5.41) is 11.0. The van der Waals surface area contributed by atoms with Gasteiger partial charge in [-0.25, -0.2) is 4.98 Å². The summed E-state index contributed by atoms with van der Waals surface area (Å²) < 4.78 is 29.8. The number of carbonyl (C=O) groups excluding carboxylic acids is 1. The number of nitrogens with zero attached hydrogens (tertiary/aromatic N) is 4. The molecule has 0 unspecified atom stereocenters. The molecule has 1 heterocycles. The predicted octanol–water partition coefficient (Wildman–Crippen LogP) is 2.56. The molecule has 0 fully saturated rings. The number of hydrogen-bond acceptors (Lipinski definition) is 6. The van der Waals surface area contributed by atoms with Gasteiger partial charge in [0.1, 0.15) is 12.3 Å². The second-order valence-electron chi connectivity index (χ2n) is 6.41. The van der Waals surface area contributed by atoms with Crippen molar-refractivity contribution < 1.29 is 23.2 Å². The van der Waals surface area contributed by atoms with Gasteiger partial charge < -0.3 is 9.64 Å². The number of rotatable bonds is 7. The van der Waals surface area contributed by atoms with Crippen LogP contribution in [0.3, 0.4) is 0 Å². The molecule has 0 N–H and O–H groups in total. The number of halogens is 2. The average Bonchev–Trinajstić information content (AvgIpc) is 2.70. The van der Waals surface area contributed by atoms with Crippen molar-refractivity contribution in [2.24, 2.45) is 0 Å². The smallest absolute Gasteiger partial charge is 0.387 e. The maximum atomic E-state index is 12.6. The maximum absolute atomic E-state index is 12.6. The van der Waals surface area contributed by atoms with Crippen molar-refractivity contribution in [1.29, 1.82) is 0 Å². The number of benzene rings is 2. The van der Waals surface area contributed by atoms with Crippen LogP contribution in [0.1, 0.15) is 5.56 Å². The summed E-state index contributed by atoms with van der Waals surface area (Å²) in [4.78, 5) is 40.7. The van der Waals surface area contributed by atoms with E-state index in [1.807, 2.05) is 0 Å². The fraction of sp³-hybridized carbons (Fsp3) is 0.211. The Bertz CT molecular complexity index is 1150. The Balaban J connectivity index is 1.71. The SMILES string of the molecule is CN(Cc1ccc(OC(F)F)cc1)C(=O)Cn1cnc2cc([N+](=O)[O-])ccc2c1=O. The van der Waals surface area contributed by atoms with Crippen LogP contribution in [0.2, 0.25) is 0 Å². The highest BCUT2D eigenvalue weighted by Gasteiger charge is 2.15. The van der Waals surface area contributed by atoms with Crippen LogP contribution in [0, 0.1) is 10.1 Å². The van der Waals surface area contributed by atoms with Crippen LogP contribution < -0.4 is 10.3 Å². The fourth-order valence-corrected chi connectivity index (χ4v) is 2.78. The topological polar surface area (TPSA) is 108 Å². The maximum Gasteiger partial charge on any atom is 0.387 e. The van der Waals surface area contributed by atoms with Crippen LogP contribution in [0.5, 0.6) is 5.75 Å². The van der Waals surface area contributed by atoms with Gasteiger partial charge in [-0.05, 0) is 23.8 Å². The van der Waals surface area contributed by atoms with Crippen LogP contribution in [0.25, 0.3) is 10.9 Å². The summed E-state index contributed by atoms with van der Waals surface area (Å²) in [7, 11) is 1.54. The first kappa shape index (κ1) is 20.8. The molecule has 0 saturated heterocycles. The Kier molecular flexibility index (Phi) is 6.00. The lowest BCUT2D eigenvalue weighted by Crippen LogP contribution is -2.33. The lowest BCUT2D eigenvalue weighted by atomic mass is 10.2. The number of nitro groups is 1. The van der Waals surface area contributed by atoms with Crippen LogP contribution >= 0.6 is 0 Å². The number of ether oxygens (including phenoxy) is 1. The molecule has 156 valence electrons. The largest absolute Gasteiger partial charge is 0.435 e. The third-order valence-electron chi connectivity index (χ3n) is 4.32. The third-order valence-corrected chi connectivity index (χ3v) is 4.32. The van der Waals surface area contributed by atoms with Crippen LogP contribution in [-0.2, 0) is 17.9 Å². The first-order valence-corrected chi connectivity index (χ1v) is 8.66. The van der Waals surface area contributed by atoms with Crippen molar-refractivity contribution >= 4 is 22.5 Å². The summed E-state index contributed by atoms with van der Waals surface area (Å²) in [5.41, 5.74) is 0.166. The number of carbonyl (C=O) groups is 1. The minimum atomic E-state index is -2.92. The van der Waals surface area contributed by atoms with Gasteiger partial charge in [0.15, 0.2) is 0 Å². The molecule has 0 spiro atoms. The lowest BCUT2D eigenvalue weighted by molar-refractivity contribution is -0.384. The van der Waals surface area contributed by atoms with Crippen molar-refractivity contribution in [3.8, 4) is 5.75 Å². The molecule has 0 radical (unpaired) electrons. The summed E-state index contributed by atoms with van der Waals surface area (Å²) in [6.07, 6.45) is 1.16. The highest BCUT2D eigenvalue weighted by Crippen LogP contribution is 2.17. The molecule has 30 heavy (non-hydrogen) atoms. The van der Waals surface area contributed by atoms with E-state index in [1.54, 1.807) is 12.1 Å². The highest BCUT2D eigenvalue weighted by molar-refractivity contribution is 5.80. The van der Waals surface area contributed by atoms with Crippen molar-refractivity contribution in [2.75, 3.05) is 7.05 Å². The van der Waals surface area contributed by atoms with Gasteiger partial charge in [-0.15, -0.1) is 0 Å². The van der Waals surface area contributed by atoms with E-state index in [2.05, 4.69) is 9.72 Å². The molecule has 9 nitrogen and oxygen atoms in total. The number of likely N-dealkylation sites (N-methyl/N-ethyl adjacent to an activating group) is 1. The number of amides is 1. The number of fused-ring (bicyclic) bond motifs is 1. The van der Waals surface area contributed by atoms with Crippen molar-refractivity contribution in [3.63, 3.8) is 0 Å². The molecule has 1 amide bonds. The number of alkyl halides is 2. The highest BCUT2D eigenvalue weighted by atomic mass is 19.3. The molecule has 0 aliphatic carbocycles. The Morgan fingerprint density at radius 3 is 2.60 bits per heavy atom. The predicted molar refractivity (Wildman–Crippen MR) is 102 cm³/mol. The van der Waals surface area contributed by atoms with Gasteiger partial charge in [-0.3, -0.25) is 24.3 Å². The third kappa shape index (κ3) is 4.74. The quantitative estimate of drug-likeness (QED) is 0.431. The Morgan fingerprint density at radius 1 is 1.27 bits per heavy atom. The van der Waals surface area contributed by atoms with Crippen LogP contribution in [-0.4, -0.2) is 38.9 Å². The van der Waals surface area contributed by atoms with E-state index >= 15 is 0 Å². The Morgan fingerprint density at radius 2 is 1.97 bits per heavy atom. The van der Waals surface area contributed by atoms with Gasteiger partial charge in [-0.2, -0.15) is 8.78 Å². The van der Waals surface area contributed by atoms with Crippen LogP contribution in [0.4, 0.5) is 14.5 Å². The second-order valence-corrected chi connectivity index (χ2v) is 6.41. The van der Waals surface area contributed by atoms with E-state index < -0.39 is 17.1 Å². The summed E-state index contributed by atoms with van der Waals surface area (Å²) in [5.74, 6) is -0.371. The molecule has 0 aliphatic rings. The standard InChI is InChI=1S/C19H16F2N4O5/c1-23(9-12-2-5-14(6-3-12)30-19(20)21)17(26)10-24-11-22-16-8-13(25(28)29)4-7-15(16)18(24)27/h2-8,11,19H,9-10H2,1H3.